The predicted octanol–water partition coefficient (Wildman–Crippen LogP) is 6.73. The highest BCUT2D eigenvalue weighted by molar-refractivity contribution is 5.86. The zero-order valence-electron chi connectivity index (χ0n) is 22.3. The summed E-state index contributed by atoms with van der Waals surface area (Å²) in [5, 5.41) is 11.2. The summed E-state index contributed by atoms with van der Waals surface area (Å²) in [6.07, 6.45) is 6.72. The van der Waals surface area contributed by atoms with Crippen LogP contribution in [0.2, 0.25) is 0 Å². The molecule has 2 N–H and O–H groups in total. The van der Waals surface area contributed by atoms with E-state index in [1.165, 1.54) is 43.2 Å². The van der Waals surface area contributed by atoms with Gasteiger partial charge in [0.05, 0.1) is 11.7 Å². The third-order valence-electron chi connectivity index (χ3n) is 7.92. The molecule has 2 fully saturated rings. The number of aryl methyl sites for hydroxylation is 1. The zero-order valence-corrected chi connectivity index (χ0v) is 24.7. The molecule has 38 heavy (non-hydrogen) atoms. The van der Waals surface area contributed by atoms with Gasteiger partial charge in [0.2, 0.25) is 0 Å². The number of aromatic amines is 1. The van der Waals surface area contributed by atoms with Crippen molar-refractivity contribution in [2.45, 2.75) is 63.5 Å². The van der Waals surface area contributed by atoms with E-state index < -0.39 is 6.10 Å². The fourth-order valence-corrected chi connectivity index (χ4v) is 5.98. The van der Waals surface area contributed by atoms with Gasteiger partial charge in [-0.2, -0.15) is 0 Å². The van der Waals surface area contributed by atoms with E-state index in [-0.39, 0.29) is 43.3 Å². The first-order chi connectivity index (χ1) is 17.2. The highest BCUT2D eigenvalue weighted by atomic mass is 35.5. The second-order valence-corrected chi connectivity index (χ2v) is 10.3. The fourth-order valence-electron chi connectivity index (χ4n) is 5.98. The normalized spacial score (nSPS) is 17.8. The van der Waals surface area contributed by atoms with E-state index in [0.717, 1.165) is 49.8 Å². The average Bonchev–Trinajstić information content (AvgIpc) is 3.37. The summed E-state index contributed by atoms with van der Waals surface area (Å²) in [7, 11) is 0. The molecule has 1 saturated heterocycles. The number of imidazole rings is 1. The first kappa shape index (κ1) is 32.6. The molecule has 3 aromatic rings. The van der Waals surface area contributed by atoms with Gasteiger partial charge in [-0.3, -0.25) is 9.80 Å². The maximum atomic E-state index is 11.2. The minimum absolute atomic E-state index is 0. The molecule has 8 heteroatoms. The highest BCUT2D eigenvalue weighted by Crippen LogP contribution is 2.33. The summed E-state index contributed by atoms with van der Waals surface area (Å²) in [4.78, 5) is 13.5. The van der Waals surface area contributed by atoms with Crippen molar-refractivity contribution in [3.63, 3.8) is 0 Å². The fraction of sp³-hybridized carbons (Fsp3) is 0.500. The monoisotopic (exact) mass is 580 g/mol. The molecule has 5 nitrogen and oxygen atoms in total. The number of H-pyrrole nitrogens is 1. The quantitative estimate of drug-likeness (QED) is 0.310. The van der Waals surface area contributed by atoms with Crippen molar-refractivity contribution in [3.8, 4) is 0 Å². The summed E-state index contributed by atoms with van der Waals surface area (Å²) < 4.78 is 0. The molecule has 1 saturated carbocycles. The molecule has 1 atom stereocenters. The van der Waals surface area contributed by atoms with Crippen LogP contribution in [0.25, 0.3) is 0 Å². The summed E-state index contributed by atoms with van der Waals surface area (Å²) in [5.41, 5.74) is 4.67. The van der Waals surface area contributed by atoms with Crippen LogP contribution in [0.3, 0.4) is 0 Å². The van der Waals surface area contributed by atoms with Crippen molar-refractivity contribution in [1.29, 1.82) is 0 Å². The molecule has 2 heterocycles. The van der Waals surface area contributed by atoms with Crippen LogP contribution >= 0.6 is 37.2 Å². The molecule has 0 radical (unpaired) electrons. The lowest BCUT2D eigenvalue weighted by molar-refractivity contribution is 0.0604. The molecule has 2 aliphatic rings. The number of nitrogens with zero attached hydrogens (tertiary/aromatic N) is 3. The molecule has 5 rings (SSSR count). The first-order valence-corrected chi connectivity index (χ1v) is 13.6. The number of hydrogen-bond acceptors (Lipinski definition) is 4. The second-order valence-electron chi connectivity index (χ2n) is 10.3. The molecule has 0 bridgehead atoms. The van der Waals surface area contributed by atoms with Crippen molar-refractivity contribution < 1.29 is 5.11 Å². The van der Waals surface area contributed by atoms with E-state index in [4.69, 9.17) is 4.98 Å². The van der Waals surface area contributed by atoms with E-state index in [9.17, 15) is 5.11 Å². The van der Waals surface area contributed by atoms with Gasteiger partial charge in [0, 0.05) is 44.3 Å². The van der Waals surface area contributed by atoms with Gasteiger partial charge >= 0.3 is 0 Å². The molecule has 1 aromatic heterocycles. The maximum Gasteiger partial charge on any atom is 0.110 e. The van der Waals surface area contributed by atoms with E-state index >= 15 is 0 Å². The summed E-state index contributed by atoms with van der Waals surface area (Å²) >= 11 is 0. The van der Waals surface area contributed by atoms with Crippen LogP contribution in [-0.4, -0.2) is 57.6 Å². The van der Waals surface area contributed by atoms with Crippen LogP contribution in [-0.2, 0) is 6.42 Å². The Bertz CT molecular complexity index is 1010. The molecule has 0 spiro atoms. The summed E-state index contributed by atoms with van der Waals surface area (Å²) in [6, 6.07) is 21.9. The molecule has 1 aliphatic carbocycles. The third-order valence-corrected chi connectivity index (χ3v) is 7.92. The smallest absolute Gasteiger partial charge is 0.110 e. The number of aliphatic hydroxyl groups excluding tert-OH is 1. The Hall–Kier alpha value is -1.60. The minimum atomic E-state index is -0.538. The number of hydrogen-bond donors (Lipinski definition) is 2. The van der Waals surface area contributed by atoms with E-state index in [0.29, 0.717) is 12.5 Å². The Morgan fingerprint density at radius 1 is 0.842 bits per heavy atom. The molecular formula is C30H43Cl3N4O. The Balaban J connectivity index is 0.00000169. The number of aromatic nitrogens is 2. The van der Waals surface area contributed by atoms with Crippen molar-refractivity contribution in [3.05, 3.63) is 89.0 Å². The first-order valence-electron chi connectivity index (χ1n) is 13.6. The molecule has 210 valence electrons. The number of piperazine rings is 1. The Kier molecular flexibility index (Phi) is 13.6. The van der Waals surface area contributed by atoms with Crippen molar-refractivity contribution in [2.75, 3.05) is 32.7 Å². The Labute approximate surface area is 246 Å². The van der Waals surface area contributed by atoms with Crippen molar-refractivity contribution in [2.24, 2.45) is 0 Å². The van der Waals surface area contributed by atoms with E-state index in [2.05, 4.69) is 82.4 Å². The number of β-amino-alcohol motifs (C(OH)–C–C–N with tert-alkyl or cyclic N) is 1. The molecule has 1 unspecified atom stereocenters. The standard InChI is InChI=1S/C30H40N4O.3ClH/c1-2-26-28(32-30(31-26)25-16-10-5-11-17-25)27(35)22-33-18-20-34(21-19-33)29(23-12-6-3-7-13-23)24-14-8-4-9-15-24;;;/h3-4,6-9,12-15,25,27,29,35H,2,5,10-11,16-22H2,1H3,(H,31,32);3*1H. The van der Waals surface area contributed by atoms with Gasteiger partial charge < -0.3 is 10.1 Å². The lowest BCUT2D eigenvalue weighted by atomic mass is 9.89. The van der Waals surface area contributed by atoms with Crippen LogP contribution in [0, 0.1) is 0 Å². The number of nitrogens with one attached hydrogen (secondary N) is 1. The Morgan fingerprint density at radius 3 is 1.92 bits per heavy atom. The third kappa shape index (κ3) is 7.74. The van der Waals surface area contributed by atoms with Crippen LogP contribution in [0.1, 0.15) is 85.4 Å². The van der Waals surface area contributed by atoms with E-state index in [1.807, 2.05) is 0 Å². The minimum Gasteiger partial charge on any atom is -0.385 e. The summed E-state index contributed by atoms with van der Waals surface area (Å²) in [6.45, 7) is 6.67. The molecule has 1 aliphatic heterocycles. The van der Waals surface area contributed by atoms with Crippen LogP contribution in [0.5, 0.6) is 0 Å². The topological polar surface area (TPSA) is 55.4 Å². The molecule has 0 amide bonds. The summed E-state index contributed by atoms with van der Waals surface area (Å²) in [5.74, 6) is 1.64. The van der Waals surface area contributed by atoms with Gasteiger partial charge in [-0.25, -0.2) is 4.98 Å². The lowest BCUT2D eigenvalue weighted by Crippen LogP contribution is -2.48. The zero-order chi connectivity index (χ0) is 24.0. The lowest BCUT2D eigenvalue weighted by Gasteiger charge is -2.40. The van der Waals surface area contributed by atoms with Crippen LogP contribution in [0.4, 0.5) is 0 Å². The largest absolute Gasteiger partial charge is 0.385 e. The SMILES string of the molecule is CCc1[nH]c(C2CCCCC2)nc1C(O)CN1CCN(C(c2ccccc2)c2ccccc2)CC1.Cl.Cl.Cl. The van der Waals surface area contributed by atoms with Gasteiger partial charge in [-0.05, 0) is 30.4 Å². The van der Waals surface area contributed by atoms with E-state index in [1.54, 1.807) is 0 Å². The second kappa shape index (κ2) is 15.9. The van der Waals surface area contributed by atoms with Gasteiger partial charge in [0.1, 0.15) is 11.9 Å². The number of rotatable bonds is 8. The van der Waals surface area contributed by atoms with Crippen LogP contribution in [0.15, 0.2) is 60.7 Å². The number of halogens is 3. The average molecular weight is 582 g/mol. The maximum absolute atomic E-state index is 11.2. The Morgan fingerprint density at radius 2 is 1.39 bits per heavy atom. The molecular weight excluding hydrogens is 539 g/mol. The van der Waals surface area contributed by atoms with Crippen molar-refractivity contribution in [1.82, 2.24) is 19.8 Å². The van der Waals surface area contributed by atoms with Gasteiger partial charge in [0.15, 0.2) is 0 Å². The van der Waals surface area contributed by atoms with Crippen molar-refractivity contribution >= 4 is 37.2 Å². The van der Waals surface area contributed by atoms with Gasteiger partial charge in [-0.15, -0.1) is 37.2 Å². The highest BCUT2D eigenvalue weighted by Gasteiger charge is 2.29. The van der Waals surface area contributed by atoms with Gasteiger partial charge in [-0.1, -0.05) is 86.8 Å². The van der Waals surface area contributed by atoms with Gasteiger partial charge in [0.25, 0.3) is 0 Å². The molecule has 2 aromatic carbocycles. The number of benzene rings is 2. The predicted molar refractivity (Wildman–Crippen MR) is 163 cm³/mol. The number of aliphatic hydroxyl groups is 1. The van der Waals surface area contributed by atoms with Crippen LogP contribution < -0.4 is 0 Å².